The second kappa shape index (κ2) is 3.82. The summed E-state index contributed by atoms with van der Waals surface area (Å²) in [6, 6.07) is 2.04. The maximum absolute atomic E-state index is 5.93. The lowest BCUT2D eigenvalue weighted by Gasteiger charge is -2.41. The first-order chi connectivity index (χ1) is 10.1. The molecule has 4 fully saturated rings. The molecule has 0 N–H and O–H groups in total. The molecule has 2 saturated heterocycles. The van der Waals surface area contributed by atoms with Crippen LogP contribution in [-0.4, -0.2) is 27.7 Å². The minimum atomic E-state index is 0.0939. The van der Waals surface area contributed by atoms with Gasteiger partial charge in [-0.25, -0.2) is 4.98 Å². The Morgan fingerprint density at radius 2 is 2.19 bits per heavy atom. The molecular formula is C16H17BrN2O2. The lowest BCUT2D eigenvalue weighted by molar-refractivity contribution is 0.0154. The smallest absolute Gasteiger partial charge is 0.140 e. The van der Waals surface area contributed by atoms with Gasteiger partial charge in [-0.1, -0.05) is 0 Å². The molecule has 21 heavy (non-hydrogen) atoms. The third kappa shape index (κ3) is 1.80. The van der Waals surface area contributed by atoms with E-state index in [9.17, 15) is 0 Å². The summed E-state index contributed by atoms with van der Waals surface area (Å²) in [4.78, 5) is 4.85. The fraction of sp³-hybridized carbons (Fsp3) is 0.562. The zero-order chi connectivity index (χ0) is 14.2. The summed E-state index contributed by atoms with van der Waals surface area (Å²) in [5, 5.41) is 0. The second-order valence-corrected chi connectivity index (χ2v) is 7.92. The van der Waals surface area contributed by atoms with Crippen LogP contribution < -0.4 is 4.74 Å². The van der Waals surface area contributed by atoms with Gasteiger partial charge < -0.3 is 13.9 Å². The summed E-state index contributed by atoms with van der Waals surface area (Å²) in [6.45, 7) is 3.01. The lowest BCUT2D eigenvalue weighted by Crippen LogP contribution is -2.45. The van der Waals surface area contributed by atoms with Crippen LogP contribution in [0.3, 0.4) is 0 Å². The molecule has 4 aliphatic rings. The Balaban J connectivity index is 1.55. The standard InChI is InChI=1S/C16H17BrN2O2/c1-15-7-16(8-15,9-20-15)13-6-19-5-11(17)12(4-14(19)18-13)21-10-2-3-10/h4-6,10H,2-3,7-9H2,1H3. The van der Waals surface area contributed by atoms with Gasteiger partial charge in [-0.2, -0.15) is 0 Å². The Labute approximate surface area is 131 Å². The molecule has 2 saturated carbocycles. The molecule has 6 rings (SSSR count). The van der Waals surface area contributed by atoms with Crippen LogP contribution in [0.15, 0.2) is 22.9 Å². The maximum Gasteiger partial charge on any atom is 0.140 e. The highest BCUT2D eigenvalue weighted by Gasteiger charge is 2.61. The van der Waals surface area contributed by atoms with Crippen molar-refractivity contribution in [1.29, 1.82) is 0 Å². The van der Waals surface area contributed by atoms with Crippen LogP contribution in [0.25, 0.3) is 5.65 Å². The van der Waals surface area contributed by atoms with Crippen molar-refractivity contribution in [2.45, 2.75) is 49.7 Å². The van der Waals surface area contributed by atoms with E-state index in [2.05, 4.69) is 33.5 Å². The molecule has 2 aliphatic heterocycles. The first-order valence-corrected chi connectivity index (χ1v) is 8.34. The summed E-state index contributed by atoms with van der Waals surface area (Å²) in [6.07, 6.45) is 9.11. The van der Waals surface area contributed by atoms with Gasteiger partial charge in [-0.05, 0) is 48.5 Å². The zero-order valence-corrected chi connectivity index (χ0v) is 13.5. The second-order valence-electron chi connectivity index (χ2n) is 7.07. The summed E-state index contributed by atoms with van der Waals surface area (Å²) in [5.41, 5.74) is 2.35. The number of imidazole rings is 1. The quantitative estimate of drug-likeness (QED) is 0.851. The van der Waals surface area contributed by atoms with Crippen LogP contribution in [0.5, 0.6) is 5.75 Å². The number of hydrogen-bond donors (Lipinski definition) is 0. The van der Waals surface area contributed by atoms with Crippen molar-refractivity contribution < 1.29 is 9.47 Å². The maximum atomic E-state index is 5.93. The van der Waals surface area contributed by atoms with Gasteiger partial charge in [0.15, 0.2) is 0 Å². The van der Waals surface area contributed by atoms with Crippen molar-refractivity contribution in [3.63, 3.8) is 0 Å². The number of aromatic nitrogens is 2. The first kappa shape index (κ1) is 12.5. The van der Waals surface area contributed by atoms with E-state index >= 15 is 0 Å². The predicted octanol–water partition coefficient (Wildman–Crippen LogP) is 3.46. The molecule has 4 nitrogen and oxygen atoms in total. The number of fused-ring (bicyclic) bond motifs is 2. The van der Waals surface area contributed by atoms with Gasteiger partial charge in [0.25, 0.3) is 0 Å². The van der Waals surface area contributed by atoms with Gasteiger partial charge in [0.1, 0.15) is 11.4 Å². The Morgan fingerprint density at radius 1 is 1.38 bits per heavy atom. The third-order valence-corrected chi connectivity index (χ3v) is 5.59. The molecule has 0 aromatic carbocycles. The molecule has 0 spiro atoms. The molecule has 4 heterocycles. The van der Waals surface area contributed by atoms with Crippen LogP contribution in [0.2, 0.25) is 0 Å². The van der Waals surface area contributed by atoms with Gasteiger partial charge in [0.2, 0.25) is 0 Å². The number of ether oxygens (including phenoxy) is 2. The highest BCUT2D eigenvalue weighted by molar-refractivity contribution is 9.10. The van der Waals surface area contributed by atoms with E-state index in [0.29, 0.717) is 6.10 Å². The van der Waals surface area contributed by atoms with E-state index < -0.39 is 0 Å². The molecule has 2 bridgehead atoms. The number of nitrogens with zero attached hydrogens (tertiary/aromatic N) is 2. The summed E-state index contributed by atoms with van der Waals surface area (Å²) in [5.74, 6) is 0.903. The molecule has 110 valence electrons. The van der Waals surface area contributed by atoms with Crippen LogP contribution in [-0.2, 0) is 10.2 Å². The van der Waals surface area contributed by atoms with Crippen LogP contribution in [0.4, 0.5) is 0 Å². The van der Waals surface area contributed by atoms with Crippen molar-refractivity contribution in [2.24, 2.45) is 0 Å². The van der Waals surface area contributed by atoms with E-state index in [4.69, 9.17) is 14.5 Å². The Hall–Kier alpha value is -1.07. The van der Waals surface area contributed by atoms with E-state index in [1.54, 1.807) is 0 Å². The molecule has 2 aliphatic carbocycles. The normalized spacial score (nSPS) is 34.2. The first-order valence-electron chi connectivity index (χ1n) is 7.55. The van der Waals surface area contributed by atoms with E-state index in [1.165, 1.54) is 0 Å². The molecular weight excluding hydrogens is 332 g/mol. The largest absolute Gasteiger partial charge is 0.489 e. The lowest BCUT2D eigenvalue weighted by atomic mass is 9.62. The minimum Gasteiger partial charge on any atom is -0.489 e. The van der Waals surface area contributed by atoms with E-state index in [0.717, 1.165) is 53.9 Å². The fourth-order valence-electron chi connectivity index (χ4n) is 3.85. The van der Waals surface area contributed by atoms with E-state index in [1.807, 2.05) is 12.3 Å². The highest BCUT2D eigenvalue weighted by atomic mass is 79.9. The van der Waals surface area contributed by atoms with Crippen LogP contribution in [0, 0.1) is 0 Å². The molecule has 0 radical (unpaired) electrons. The molecule has 5 heteroatoms. The average molecular weight is 349 g/mol. The molecule has 0 amide bonds. The molecule has 0 unspecified atom stereocenters. The Bertz CT molecular complexity index is 744. The molecule has 2 aromatic heterocycles. The van der Waals surface area contributed by atoms with Crippen molar-refractivity contribution >= 4 is 21.6 Å². The number of pyridine rings is 1. The zero-order valence-electron chi connectivity index (χ0n) is 11.9. The van der Waals surface area contributed by atoms with Crippen molar-refractivity contribution in [1.82, 2.24) is 9.38 Å². The van der Waals surface area contributed by atoms with Gasteiger partial charge in [-0.3, -0.25) is 0 Å². The average Bonchev–Trinajstić information content (AvgIpc) is 2.87. The van der Waals surface area contributed by atoms with Gasteiger partial charge in [0, 0.05) is 23.9 Å². The van der Waals surface area contributed by atoms with Gasteiger partial charge >= 0.3 is 0 Å². The topological polar surface area (TPSA) is 35.8 Å². The van der Waals surface area contributed by atoms with Gasteiger partial charge in [0.05, 0.1) is 28.5 Å². The van der Waals surface area contributed by atoms with Crippen LogP contribution >= 0.6 is 15.9 Å². The van der Waals surface area contributed by atoms with E-state index in [-0.39, 0.29) is 11.0 Å². The predicted molar refractivity (Wildman–Crippen MR) is 81.8 cm³/mol. The fourth-order valence-corrected chi connectivity index (χ4v) is 4.28. The monoisotopic (exact) mass is 348 g/mol. The van der Waals surface area contributed by atoms with Crippen molar-refractivity contribution in [3.05, 3.63) is 28.6 Å². The Kier molecular flexibility index (Phi) is 2.27. The minimum absolute atomic E-state index is 0.0939. The van der Waals surface area contributed by atoms with Crippen LogP contribution in [0.1, 0.15) is 38.3 Å². The number of hydrogen-bond acceptors (Lipinski definition) is 3. The summed E-state index contributed by atoms with van der Waals surface area (Å²) in [7, 11) is 0. The Morgan fingerprint density at radius 3 is 2.86 bits per heavy atom. The van der Waals surface area contributed by atoms with Crippen molar-refractivity contribution in [3.8, 4) is 5.75 Å². The SMILES string of the molecule is CC12CC(c3cn4cc(Br)c(OC5CC5)cc4n3)(CO1)C2. The highest BCUT2D eigenvalue weighted by Crippen LogP contribution is 2.58. The summed E-state index contributed by atoms with van der Waals surface area (Å²) >= 11 is 3.60. The molecule has 2 aromatic rings. The third-order valence-electron chi connectivity index (χ3n) is 4.99. The molecule has 0 atom stereocenters. The summed E-state index contributed by atoms with van der Waals surface area (Å²) < 4.78 is 14.9. The van der Waals surface area contributed by atoms with Crippen molar-refractivity contribution in [2.75, 3.05) is 6.61 Å². The number of halogens is 1. The number of rotatable bonds is 3. The van der Waals surface area contributed by atoms with Gasteiger partial charge in [-0.15, -0.1) is 0 Å².